The van der Waals surface area contributed by atoms with Gasteiger partial charge in [-0.2, -0.15) is 0 Å². The Hall–Kier alpha value is -2.87. The van der Waals surface area contributed by atoms with Crippen molar-refractivity contribution in [1.82, 2.24) is 14.9 Å². The number of hydrogen-bond acceptors (Lipinski definition) is 7. The second-order valence-electron chi connectivity index (χ2n) is 8.31. The van der Waals surface area contributed by atoms with Crippen LogP contribution in [-0.4, -0.2) is 49.7 Å². The minimum Gasteiger partial charge on any atom is -0.493 e. The molecule has 2 heterocycles. The van der Waals surface area contributed by atoms with E-state index in [0.717, 1.165) is 46.1 Å². The highest BCUT2D eigenvalue weighted by molar-refractivity contribution is 7.16. The summed E-state index contributed by atoms with van der Waals surface area (Å²) in [4.78, 5) is 13.7. The minimum absolute atomic E-state index is 0.648. The summed E-state index contributed by atoms with van der Waals surface area (Å²) in [6, 6.07) is 14.3. The zero-order chi connectivity index (χ0) is 24.2. The summed E-state index contributed by atoms with van der Waals surface area (Å²) < 4.78 is 10.9. The summed E-state index contributed by atoms with van der Waals surface area (Å²) >= 11 is 8.42. The third kappa shape index (κ3) is 5.27. The smallest absolute Gasteiger partial charge is 0.162 e. The van der Waals surface area contributed by atoms with Crippen LogP contribution in [0.1, 0.15) is 16.3 Å². The molecule has 2 aromatic carbocycles. The number of halogens is 1. The molecule has 1 N–H and O–H groups in total. The van der Waals surface area contributed by atoms with Gasteiger partial charge in [0.05, 0.1) is 29.6 Å². The van der Waals surface area contributed by atoms with E-state index in [1.165, 1.54) is 16.0 Å². The highest BCUT2D eigenvalue weighted by Crippen LogP contribution is 2.39. The van der Waals surface area contributed by atoms with Crippen LogP contribution in [0.4, 0.5) is 5.82 Å². The van der Waals surface area contributed by atoms with Crippen molar-refractivity contribution in [3.8, 4) is 21.9 Å². The number of anilines is 1. The SMILES string of the molecule is COc1cc2nc(C)nc(NCCc3cc(Cl)c(-c4ccccc4CN(C)C)s3)c2cc1OC. The molecule has 6 nitrogen and oxygen atoms in total. The summed E-state index contributed by atoms with van der Waals surface area (Å²) in [6.07, 6.45) is 0.831. The Morgan fingerprint density at radius 3 is 2.50 bits per heavy atom. The van der Waals surface area contributed by atoms with Gasteiger partial charge in [0, 0.05) is 29.4 Å². The number of nitrogens with one attached hydrogen (secondary N) is 1. The number of aromatic nitrogens is 2. The number of hydrogen-bond donors (Lipinski definition) is 1. The zero-order valence-electron chi connectivity index (χ0n) is 20.1. The van der Waals surface area contributed by atoms with Gasteiger partial charge in [0.25, 0.3) is 0 Å². The van der Waals surface area contributed by atoms with E-state index in [2.05, 4.69) is 64.6 Å². The quantitative estimate of drug-likeness (QED) is 0.304. The molecule has 0 aliphatic heterocycles. The number of aryl methyl sites for hydroxylation is 1. The minimum atomic E-state index is 0.648. The number of methoxy groups -OCH3 is 2. The third-order valence-corrected chi connectivity index (χ3v) is 7.10. The summed E-state index contributed by atoms with van der Waals surface area (Å²) in [5.74, 6) is 2.77. The molecule has 0 aliphatic carbocycles. The number of ether oxygens (including phenoxy) is 2. The van der Waals surface area contributed by atoms with Crippen molar-refractivity contribution < 1.29 is 9.47 Å². The average molecular weight is 497 g/mol. The van der Waals surface area contributed by atoms with E-state index in [1.807, 2.05) is 19.1 Å². The van der Waals surface area contributed by atoms with Gasteiger partial charge >= 0.3 is 0 Å². The molecule has 4 rings (SSSR count). The fraction of sp³-hybridized carbons (Fsp3) is 0.308. The van der Waals surface area contributed by atoms with Crippen molar-refractivity contribution in [2.75, 3.05) is 40.2 Å². The fourth-order valence-corrected chi connectivity index (χ4v) is 5.48. The maximum Gasteiger partial charge on any atom is 0.162 e. The first-order chi connectivity index (χ1) is 16.4. The highest BCUT2D eigenvalue weighted by atomic mass is 35.5. The van der Waals surface area contributed by atoms with Gasteiger partial charge in [0.2, 0.25) is 0 Å². The number of fused-ring (bicyclic) bond motifs is 1. The zero-order valence-corrected chi connectivity index (χ0v) is 21.7. The first-order valence-electron chi connectivity index (χ1n) is 11.0. The van der Waals surface area contributed by atoms with Gasteiger partial charge in [0.1, 0.15) is 11.6 Å². The number of thiophene rings is 1. The van der Waals surface area contributed by atoms with Crippen LogP contribution in [0.2, 0.25) is 5.02 Å². The van der Waals surface area contributed by atoms with Crippen LogP contribution in [0.25, 0.3) is 21.3 Å². The summed E-state index contributed by atoms with van der Waals surface area (Å²) in [6.45, 7) is 3.48. The largest absolute Gasteiger partial charge is 0.493 e. The summed E-state index contributed by atoms with van der Waals surface area (Å²) in [7, 11) is 7.40. The molecule has 4 aromatic rings. The van der Waals surface area contributed by atoms with Gasteiger partial charge in [-0.15, -0.1) is 11.3 Å². The Morgan fingerprint density at radius 2 is 1.76 bits per heavy atom. The van der Waals surface area contributed by atoms with Crippen molar-refractivity contribution in [2.45, 2.75) is 19.9 Å². The van der Waals surface area contributed by atoms with Crippen molar-refractivity contribution in [3.63, 3.8) is 0 Å². The fourth-order valence-electron chi connectivity index (χ4n) is 3.95. The Kier molecular flexibility index (Phi) is 7.56. The van der Waals surface area contributed by atoms with Crippen LogP contribution in [0.5, 0.6) is 11.5 Å². The third-order valence-electron chi connectivity index (χ3n) is 5.46. The van der Waals surface area contributed by atoms with Crippen LogP contribution >= 0.6 is 22.9 Å². The van der Waals surface area contributed by atoms with E-state index in [-0.39, 0.29) is 0 Å². The number of nitrogens with zero attached hydrogens (tertiary/aromatic N) is 3. The normalized spacial score (nSPS) is 11.3. The number of rotatable bonds is 9. The summed E-state index contributed by atoms with van der Waals surface area (Å²) in [5.41, 5.74) is 3.28. The van der Waals surface area contributed by atoms with Gasteiger partial charge < -0.3 is 19.7 Å². The molecule has 0 saturated heterocycles. The molecule has 0 spiro atoms. The Morgan fingerprint density at radius 1 is 1.03 bits per heavy atom. The molecule has 0 radical (unpaired) electrons. The topological polar surface area (TPSA) is 59.5 Å². The van der Waals surface area contributed by atoms with E-state index >= 15 is 0 Å². The Bertz CT molecular complexity index is 1310. The summed E-state index contributed by atoms with van der Waals surface area (Å²) in [5, 5.41) is 5.17. The molecule has 2 aromatic heterocycles. The monoisotopic (exact) mass is 496 g/mol. The predicted molar refractivity (Wildman–Crippen MR) is 142 cm³/mol. The first kappa shape index (κ1) is 24.3. The van der Waals surface area contributed by atoms with Crippen molar-refractivity contribution in [1.29, 1.82) is 0 Å². The van der Waals surface area contributed by atoms with Crippen LogP contribution in [0.3, 0.4) is 0 Å². The second-order valence-corrected chi connectivity index (χ2v) is 9.85. The lowest BCUT2D eigenvalue weighted by atomic mass is 10.1. The van der Waals surface area contributed by atoms with Crippen LogP contribution in [0.15, 0.2) is 42.5 Å². The lowest BCUT2D eigenvalue weighted by Crippen LogP contribution is -2.11. The molecule has 0 bridgehead atoms. The molecule has 178 valence electrons. The standard InChI is InChI=1S/C26H29ClN4O2S/c1-16-29-22-14-24(33-5)23(32-4)13-20(22)26(30-16)28-11-10-18-12-21(27)25(34-18)19-9-7-6-8-17(19)15-31(2)3/h6-9,12-14H,10-11,15H2,1-5H3,(H,28,29,30). The number of benzene rings is 2. The molecule has 0 unspecified atom stereocenters. The highest BCUT2D eigenvalue weighted by Gasteiger charge is 2.15. The van der Waals surface area contributed by atoms with E-state index in [1.54, 1.807) is 25.6 Å². The Labute approximate surface area is 209 Å². The van der Waals surface area contributed by atoms with Crippen LogP contribution < -0.4 is 14.8 Å². The van der Waals surface area contributed by atoms with Gasteiger partial charge in [-0.05, 0) is 50.7 Å². The molecule has 0 saturated carbocycles. The molecule has 8 heteroatoms. The molecule has 34 heavy (non-hydrogen) atoms. The van der Waals surface area contributed by atoms with Gasteiger partial charge in [-0.25, -0.2) is 9.97 Å². The molecule has 0 fully saturated rings. The maximum atomic E-state index is 6.67. The maximum absolute atomic E-state index is 6.67. The first-order valence-corrected chi connectivity index (χ1v) is 12.2. The molecule has 0 atom stereocenters. The lowest BCUT2D eigenvalue weighted by molar-refractivity contribution is 0.356. The van der Waals surface area contributed by atoms with Crippen LogP contribution in [-0.2, 0) is 13.0 Å². The molecule has 0 aliphatic rings. The second kappa shape index (κ2) is 10.6. The van der Waals surface area contributed by atoms with E-state index < -0.39 is 0 Å². The van der Waals surface area contributed by atoms with Gasteiger partial charge in [-0.1, -0.05) is 35.9 Å². The van der Waals surface area contributed by atoms with Crippen molar-refractivity contribution in [2.24, 2.45) is 0 Å². The van der Waals surface area contributed by atoms with Gasteiger partial charge in [0.15, 0.2) is 11.5 Å². The van der Waals surface area contributed by atoms with Crippen LogP contribution in [0, 0.1) is 6.92 Å². The van der Waals surface area contributed by atoms with E-state index in [9.17, 15) is 0 Å². The Balaban J connectivity index is 1.54. The van der Waals surface area contributed by atoms with E-state index in [0.29, 0.717) is 17.3 Å². The van der Waals surface area contributed by atoms with Gasteiger partial charge in [-0.3, -0.25) is 0 Å². The lowest BCUT2D eigenvalue weighted by Gasteiger charge is -2.13. The van der Waals surface area contributed by atoms with Crippen molar-refractivity contribution >= 4 is 39.7 Å². The molecular formula is C26H29ClN4O2S. The van der Waals surface area contributed by atoms with E-state index in [4.69, 9.17) is 21.1 Å². The molecule has 0 amide bonds. The van der Waals surface area contributed by atoms with Crippen molar-refractivity contribution in [3.05, 3.63) is 63.8 Å². The predicted octanol–water partition coefficient (Wildman–Crippen LogP) is 6.05. The average Bonchev–Trinajstić information content (AvgIpc) is 3.18. The molecular weight excluding hydrogens is 468 g/mol.